The van der Waals surface area contributed by atoms with Gasteiger partial charge in [0.25, 0.3) is 0 Å². The van der Waals surface area contributed by atoms with E-state index < -0.39 is 0 Å². The number of carbonyl (C=O) groups excluding carboxylic acids is 1. The van der Waals surface area contributed by atoms with Crippen LogP contribution in [0.25, 0.3) is 0 Å². The molecular formula is C12H25ClN2O2. The van der Waals surface area contributed by atoms with Crippen molar-refractivity contribution in [2.45, 2.75) is 32.6 Å². The summed E-state index contributed by atoms with van der Waals surface area (Å²) in [5.41, 5.74) is 0. The van der Waals surface area contributed by atoms with Crippen LogP contribution in [0.2, 0.25) is 0 Å². The summed E-state index contributed by atoms with van der Waals surface area (Å²) < 4.78 is 5.13. The number of amides is 1. The number of ether oxygens (including phenoxy) is 1. The van der Waals surface area contributed by atoms with E-state index in [1.807, 2.05) is 6.92 Å². The largest absolute Gasteiger partial charge is 0.381 e. The fraction of sp³-hybridized carbons (Fsp3) is 0.917. The topological polar surface area (TPSA) is 50.4 Å². The highest BCUT2D eigenvalue weighted by Gasteiger charge is 2.12. The lowest BCUT2D eigenvalue weighted by Gasteiger charge is -2.22. The molecule has 1 atom stereocenters. The highest BCUT2D eigenvalue weighted by Crippen LogP contribution is 2.12. The van der Waals surface area contributed by atoms with E-state index in [0.717, 1.165) is 32.0 Å². The molecule has 0 bridgehead atoms. The van der Waals surface area contributed by atoms with E-state index in [9.17, 15) is 4.79 Å². The summed E-state index contributed by atoms with van der Waals surface area (Å²) in [6, 6.07) is 0. The van der Waals surface area contributed by atoms with Crippen molar-refractivity contribution in [3.8, 4) is 0 Å². The number of nitrogens with one attached hydrogen (secondary N) is 2. The van der Waals surface area contributed by atoms with Gasteiger partial charge in [0, 0.05) is 19.6 Å². The first-order chi connectivity index (χ1) is 7.83. The van der Waals surface area contributed by atoms with Gasteiger partial charge in [0.15, 0.2) is 0 Å². The Kier molecular flexibility index (Phi) is 10.6. The van der Waals surface area contributed by atoms with Crippen molar-refractivity contribution in [3.05, 3.63) is 0 Å². The highest BCUT2D eigenvalue weighted by atomic mass is 35.5. The first-order valence-corrected chi connectivity index (χ1v) is 6.38. The van der Waals surface area contributed by atoms with Crippen molar-refractivity contribution in [3.63, 3.8) is 0 Å². The van der Waals surface area contributed by atoms with E-state index in [0.29, 0.717) is 19.6 Å². The molecule has 1 heterocycles. The monoisotopic (exact) mass is 264 g/mol. The van der Waals surface area contributed by atoms with Crippen molar-refractivity contribution in [1.82, 2.24) is 10.6 Å². The molecule has 0 spiro atoms. The minimum absolute atomic E-state index is 0. The van der Waals surface area contributed by atoms with E-state index in [1.165, 1.54) is 12.8 Å². The number of carbonyl (C=O) groups is 1. The lowest BCUT2D eigenvalue weighted by molar-refractivity contribution is -0.122. The lowest BCUT2D eigenvalue weighted by atomic mass is 9.96. The van der Waals surface area contributed by atoms with Crippen molar-refractivity contribution < 1.29 is 9.53 Å². The van der Waals surface area contributed by atoms with Crippen molar-refractivity contribution in [1.29, 1.82) is 0 Å². The molecule has 0 radical (unpaired) electrons. The minimum atomic E-state index is 0. The summed E-state index contributed by atoms with van der Waals surface area (Å²) in [6.45, 7) is 6.21. The van der Waals surface area contributed by atoms with Crippen LogP contribution in [0.5, 0.6) is 0 Å². The average molecular weight is 265 g/mol. The van der Waals surface area contributed by atoms with Crippen LogP contribution >= 0.6 is 12.4 Å². The molecule has 0 aliphatic carbocycles. The van der Waals surface area contributed by atoms with Crippen molar-refractivity contribution >= 4 is 18.3 Å². The van der Waals surface area contributed by atoms with E-state index in [1.54, 1.807) is 0 Å². The van der Waals surface area contributed by atoms with Gasteiger partial charge in [-0.1, -0.05) is 0 Å². The maximum atomic E-state index is 11.4. The Hall–Kier alpha value is -0.320. The summed E-state index contributed by atoms with van der Waals surface area (Å²) in [4.78, 5) is 11.4. The second-order valence-electron chi connectivity index (χ2n) is 4.30. The Morgan fingerprint density at radius 2 is 2.35 bits per heavy atom. The Labute approximate surface area is 110 Å². The van der Waals surface area contributed by atoms with Gasteiger partial charge in [-0.25, -0.2) is 0 Å². The third kappa shape index (κ3) is 8.41. The van der Waals surface area contributed by atoms with E-state index >= 15 is 0 Å². The molecule has 0 saturated carbocycles. The molecule has 0 aromatic heterocycles. The third-order valence-corrected chi connectivity index (χ3v) is 2.95. The molecule has 2 N–H and O–H groups in total. The molecule has 5 heteroatoms. The normalized spacial score (nSPS) is 19.5. The van der Waals surface area contributed by atoms with Gasteiger partial charge in [-0.15, -0.1) is 12.4 Å². The minimum Gasteiger partial charge on any atom is -0.381 e. The van der Waals surface area contributed by atoms with E-state index in [-0.39, 0.29) is 18.3 Å². The Bertz CT molecular complexity index is 197. The van der Waals surface area contributed by atoms with E-state index in [2.05, 4.69) is 10.6 Å². The van der Waals surface area contributed by atoms with E-state index in [4.69, 9.17) is 4.74 Å². The molecule has 4 nitrogen and oxygen atoms in total. The Balaban J connectivity index is 0.00000256. The number of halogens is 1. The molecule has 102 valence electrons. The van der Waals surface area contributed by atoms with Gasteiger partial charge < -0.3 is 15.4 Å². The van der Waals surface area contributed by atoms with Crippen LogP contribution in [0, 0.1) is 5.92 Å². The number of rotatable bonds is 7. The van der Waals surface area contributed by atoms with Crippen molar-refractivity contribution in [2.75, 3.05) is 32.8 Å². The second-order valence-corrected chi connectivity index (χ2v) is 4.30. The van der Waals surface area contributed by atoms with Crippen LogP contribution in [-0.4, -0.2) is 38.8 Å². The Morgan fingerprint density at radius 1 is 1.53 bits per heavy atom. The van der Waals surface area contributed by atoms with Crippen LogP contribution < -0.4 is 10.6 Å². The van der Waals surface area contributed by atoms with Gasteiger partial charge in [-0.05, 0) is 45.2 Å². The van der Waals surface area contributed by atoms with Crippen molar-refractivity contribution in [2.24, 2.45) is 5.92 Å². The predicted octanol–water partition coefficient (Wildman–Crippen LogP) is 1.34. The van der Waals surface area contributed by atoms with Crippen LogP contribution in [-0.2, 0) is 9.53 Å². The highest BCUT2D eigenvalue weighted by molar-refractivity contribution is 5.85. The average Bonchev–Trinajstić information content (AvgIpc) is 2.31. The SMILES string of the molecule is CCOCCC(=O)NCCC1CCCNC1.Cl. The van der Waals surface area contributed by atoms with Gasteiger partial charge in [-0.2, -0.15) is 0 Å². The second kappa shape index (κ2) is 10.8. The smallest absolute Gasteiger partial charge is 0.222 e. The first-order valence-electron chi connectivity index (χ1n) is 6.38. The summed E-state index contributed by atoms with van der Waals surface area (Å²) >= 11 is 0. The molecule has 1 amide bonds. The molecule has 0 aromatic rings. The maximum Gasteiger partial charge on any atom is 0.222 e. The summed E-state index contributed by atoms with van der Waals surface area (Å²) in [6.07, 6.45) is 4.13. The van der Waals surface area contributed by atoms with Crippen LogP contribution in [0.4, 0.5) is 0 Å². The Morgan fingerprint density at radius 3 is 3.00 bits per heavy atom. The van der Waals surface area contributed by atoms with Gasteiger partial charge in [0.1, 0.15) is 0 Å². The van der Waals surface area contributed by atoms with Gasteiger partial charge in [-0.3, -0.25) is 4.79 Å². The zero-order valence-corrected chi connectivity index (χ0v) is 11.5. The lowest BCUT2D eigenvalue weighted by Crippen LogP contribution is -2.33. The predicted molar refractivity (Wildman–Crippen MR) is 71.6 cm³/mol. The number of piperidine rings is 1. The molecule has 1 aliphatic rings. The van der Waals surface area contributed by atoms with Crippen LogP contribution in [0.15, 0.2) is 0 Å². The van der Waals surface area contributed by atoms with Gasteiger partial charge in [0.05, 0.1) is 6.61 Å². The number of hydrogen-bond acceptors (Lipinski definition) is 3. The zero-order valence-electron chi connectivity index (χ0n) is 10.7. The number of hydrogen-bond donors (Lipinski definition) is 2. The van der Waals surface area contributed by atoms with Crippen LogP contribution in [0.3, 0.4) is 0 Å². The van der Waals surface area contributed by atoms with Gasteiger partial charge in [0.2, 0.25) is 5.91 Å². The summed E-state index contributed by atoms with van der Waals surface area (Å²) in [5, 5.41) is 6.32. The molecule has 1 saturated heterocycles. The molecule has 0 aromatic carbocycles. The zero-order chi connectivity index (χ0) is 11.6. The summed E-state index contributed by atoms with van der Waals surface area (Å²) in [5.74, 6) is 0.846. The molecule has 1 fully saturated rings. The fourth-order valence-corrected chi connectivity index (χ4v) is 1.98. The quantitative estimate of drug-likeness (QED) is 0.683. The molecule has 1 unspecified atom stereocenters. The first kappa shape index (κ1) is 16.7. The molecular weight excluding hydrogens is 240 g/mol. The van der Waals surface area contributed by atoms with Gasteiger partial charge >= 0.3 is 0 Å². The summed E-state index contributed by atoms with van der Waals surface area (Å²) in [7, 11) is 0. The molecule has 1 rings (SSSR count). The third-order valence-electron chi connectivity index (χ3n) is 2.95. The fourth-order valence-electron chi connectivity index (χ4n) is 1.98. The maximum absolute atomic E-state index is 11.4. The standard InChI is InChI=1S/C12H24N2O2.ClH/c1-2-16-9-6-12(15)14-8-5-11-4-3-7-13-10-11;/h11,13H,2-10H2,1H3,(H,14,15);1H. The molecule has 1 aliphatic heterocycles. The van der Waals surface area contributed by atoms with Crippen LogP contribution in [0.1, 0.15) is 32.6 Å². The molecule has 17 heavy (non-hydrogen) atoms.